The quantitative estimate of drug-likeness (QED) is 0.488. The summed E-state index contributed by atoms with van der Waals surface area (Å²) in [6.07, 6.45) is 1.53. The molecule has 140 valence electrons. The number of aromatic nitrogens is 2. The Kier molecular flexibility index (Phi) is 4.50. The molecule has 2 aromatic heterocycles. The Morgan fingerprint density at radius 1 is 1.04 bits per heavy atom. The highest BCUT2D eigenvalue weighted by Crippen LogP contribution is 2.37. The van der Waals surface area contributed by atoms with Crippen LogP contribution in [0, 0.1) is 5.82 Å². The zero-order valence-electron chi connectivity index (χ0n) is 15.1. The first-order valence-corrected chi connectivity index (χ1v) is 10.0. The fourth-order valence-electron chi connectivity index (χ4n) is 3.56. The van der Waals surface area contributed by atoms with E-state index in [0.717, 1.165) is 28.1 Å². The lowest BCUT2D eigenvalue weighted by atomic mass is 10.1. The molecule has 0 aliphatic carbocycles. The summed E-state index contributed by atoms with van der Waals surface area (Å²) in [5.74, 6) is 0.694. The molecule has 0 N–H and O–H groups in total. The van der Waals surface area contributed by atoms with Crippen LogP contribution in [-0.2, 0) is 4.74 Å². The maximum Gasteiger partial charge on any atom is 0.140 e. The van der Waals surface area contributed by atoms with Gasteiger partial charge in [-0.2, -0.15) is 0 Å². The standard InChI is InChI=1S/C22H18FN3OS/c23-17-8-6-15(7-9-17)19-13-26(10-11-27-19)21-18-12-20(16-4-2-1-3-5-16)28-22(18)25-14-24-21/h1-9,12,14,19H,10-11,13H2. The molecule has 1 saturated heterocycles. The van der Waals surface area contributed by atoms with Crippen LogP contribution in [0.3, 0.4) is 0 Å². The summed E-state index contributed by atoms with van der Waals surface area (Å²) in [6, 6.07) is 19.0. The summed E-state index contributed by atoms with van der Waals surface area (Å²) in [4.78, 5) is 13.5. The molecule has 5 rings (SSSR count). The normalized spacial score (nSPS) is 17.2. The highest BCUT2D eigenvalue weighted by Gasteiger charge is 2.25. The average molecular weight is 391 g/mol. The van der Waals surface area contributed by atoms with Crippen LogP contribution in [-0.4, -0.2) is 29.7 Å². The van der Waals surface area contributed by atoms with Crippen LogP contribution in [0.4, 0.5) is 10.2 Å². The molecule has 0 bridgehead atoms. The predicted molar refractivity (Wildman–Crippen MR) is 110 cm³/mol. The number of morpholine rings is 1. The van der Waals surface area contributed by atoms with Crippen molar-refractivity contribution < 1.29 is 9.13 Å². The summed E-state index contributed by atoms with van der Waals surface area (Å²) < 4.78 is 19.2. The molecule has 0 saturated carbocycles. The van der Waals surface area contributed by atoms with E-state index < -0.39 is 0 Å². The summed E-state index contributed by atoms with van der Waals surface area (Å²) in [5, 5.41) is 1.06. The van der Waals surface area contributed by atoms with E-state index in [9.17, 15) is 4.39 Å². The second kappa shape index (κ2) is 7.30. The molecule has 0 spiro atoms. The van der Waals surface area contributed by atoms with Gasteiger partial charge >= 0.3 is 0 Å². The van der Waals surface area contributed by atoms with E-state index in [1.165, 1.54) is 22.6 Å². The van der Waals surface area contributed by atoms with Gasteiger partial charge in [0.25, 0.3) is 0 Å². The van der Waals surface area contributed by atoms with Gasteiger partial charge in [-0.1, -0.05) is 42.5 Å². The summed E-state index contributed by atoms with van der Waals surface area (Å²) in [5.41, 5.74) is 2.16. The number of hydrogen-bond donors (Lipinski definition) is 0. The number of thiophene rings is 1. The minimum absolute atomic E-state index is 0.105. The molecular weight excluding hydrogens is 373 g/mol. The van der Waals surface area contributed by atoms with Gasteiger partial charge in [0.1, 0.15) is 28.9 Å². The van der Waals surface area contributed by atoms with E-state index in [1.807, 2.05) is 18.2 Å². The zero-order valence-corrected chi connectivity index (χ0v) is 15.9. The van der Waals surface area contributed by atoms with E-state index in [1.54, 1.807) is 29.8 Å². The van der Waals surface area contributed by atoms with Crippen LogP contribution < -0.4 is 4.90 Å². The molecule has 2 aromatic carbocycles. The first kappa shape index (κ1) is 17.3. The fraction of sp³-hybridized carbons (Fsp3) is 0.182. The Balaban J connectivity index is 1.48. The van der Waals surface area contributed by atoms with E-state index in [0.29, 0.717) is 13.2 Å². The lowest BCUT2D eigenvalue weighted by Gasteiger charge is -2.34. The topological polar surface area (TPSA) is 38.2 Å². The van der Waals surface area contributed by atoms with E-state index in [4.69, 9.17) is 4.74 Å². The molecule has 0 amide bonds. The summed E-state index contributed by atoms with van der Waals surface area (Å²) in [7, 11) is 0. The van der Waals surface area contributed by atoms with Crippen molar-refractivity contribution in [2.75, 3.05) is 24.6 Å². The second-order valence-electron chi connectivity index (χ2n) is 6.75. The van der Waals surface area contributed by atoms with Gasteiger partial charge in [-0.25, -0.2) is 14.4 Å². The van der Waals surface area contributed by atoms with Crippen LogP contribution in [0.5, 0.6) is 0 Å². The first-order chi connectivity index (χ1) is 13.8. The van der Waals surface area contributed by atoms with E-state index >= 15 is 0 Å². The van der Waals surface area contributed by atoms with Crippen molar-refractivity contribution in [1.29, 1.82) is 0 Å². The van der Waals surface area contributed by atoms with Crippen LogP contribution in [0.15, 0.2) is 67.0 Å². The third-order valence-corrected chi connectivity index (χ3v) is 6.07. The molecule has 28 heavy (non-hydrogen) atoms. The predicted octanol–water partition coefficient (Wildman–Crippen LogP) is 5.08. The summed E-state index contributed by atoms with van der Waals surface area (Å²) >= 11 is 1.68. The number of fused-ring (bicyclic) bond motifs is 1. The Labute approximate surface area is 166 Å². The number of benzene rings is 2. The van der Waals surface area contributed by atoms with Crippen LogP contribution >= 0.6 is 11.3 Å². The van der Waals surface area contributed by atoms with Crippen molar-refractivity contribution in [3.05, 3.63) is 78.4 Å². The van der Waals surface area contributed by atoms with Gasteiger partial charge in [0.2, 0.25) is 0 Å². The third kappa shape index (κ3) is 3.25. The molecule has 6 heteroatoms. The van der Waals surface area contributed by atoms with Crippen molar-refractivity contribution >= 4 is 27.4 Å². The monoisotopic (exact) mass is 391 g/mol. The van der Waals surface area contributed by atoms with Crippen molar-refractivity contribution in [3.8, 4) is 10.4 Å². The zero-order chi connectivity index (χ0) is 18.9. The number of anilines is 1. The first-order valence-electron chi connectivity index (χ1n) is 9.20. The maximum atomic E-state index is 13.2. The largest absolute Gasteiger partial charge is 0.370 e. The Bertz CT molecular complexity index is 1100. The van der Waals surface area contributed by atoms with Crippen LogP contribution in [0.25, 0.3) is 20.7 Å². The van der Waals surface area contributed by atoms with Gasteiger partial charge in [-0.3, -0.25) is 0 Å². The number of rotatable bonds is 3. The maximum absolute atomic E-state index is 13.2. The number of nitrogens with zero attached hydrogens (tertiary/aromatic N) is 3. The molecule has 1 atom stereocenters. The van der Waals surface area contributed by atoms with E-state index in [2.05, 4.69) is 33.1 Å². The fourth-order valence-corrected chi connectivity index (χ4v) is 4.56. The van der Waals surface area contributed by atoms with Gasteiger partial charge < -0.3 is 9.64 Å². The number of hydrogen-bond acceptors (Lipinski definition) is 5. The molecule has 0 radical (unpaired) electrons. The molecule has 4 nitrogen and oxygen atoms in total. The molecule has 1 fully saturated rings. The van der Waals surface area contributed by atoms with Crippen LogP contribution in [0.2, 0.25) is 0 Å². The number of ether oxygens (including phenoxy) is 1. The highest BCUT2D eigenvalue weighted by atomic mass is 32.1. The molecular formula is C22H18FN3OS. The molecule has 1 aliphatic heterocycles. The smallest absolute Gasteiger partial charge is 0.140 e. The lowest BCUT2D eigenvalue weighted by molar-refractivity contribution is 0.0396. The molecule has 3 heterocycles. The Hall–Kier alpha value is -2.83. The third-order valence-electron chi connectivity index (χ3n) is 4.97. The van der Waals surface area contributed by atoms with Gasteiger partial charge in [0.05, 0.1) is 12.0 Å². The van der Waals surface area contributed by atoms with Gasteiger partial charge in [0, 0.05) is 18.0 Å². The minimum atomic E-state index is -0.236. The van der Waals surface area contributed by atoms with Crippen molar-refractivity contribution in [1.82, 2.24) is 9.97 Å². The molecule has 4 aromatic rings. The summed E-state index contributed by atoms with van der Waals surface area (Å²) in [6.45, 7) is 2.04. The van der Waals surface area contributed by atoms with Gasteiger partial charge in [-0.05, 0) is 29.3 Å². The van der Waals surface area contributed by atoms with Crippen LogP contribution in [0.1, 0.15) is 11.7 Å². The average Bonchev–Trinajstić information content (AvgIpc) is 3.19. The SMILES string of the molecule is Fc1ccc(C2CN(c3ncnc4sc(-c5ccccc5)cc34)CCO2)cc1. The van der Waals surface area contributed by atoms with E-state index in [-0.39, 0.29) is 11.9 Å². The van der Waals surface area contributed by atoms with Crippen molar-refractivity contribution in [2.45, 2.75) is 6.10 Å². The molecule has 1 unspecified atom stereocenters. The Morgan fingerprint density at radius 3 is 2.68 bits per heavy atom. The highest BCUT2D eigenvalue weighted by molar-refractivity contribution is 7.21. The number of halogens is 1. The lowest BCUT2D eigenvalue weighted by Crippen LogP contribution is -2.39. The second-order valence-corrected chi connectivity index (χ2v) is 7.78. The van der Waals surface area contributed by atoms with Gasteiger partial charge in [0.15, 0.2) is 0 Å². The Morgan fingerprint density at radius 2 is 1.86 bits per heavy atom. The van der Waals surface area contributed by atoms with Crippen molar-refractivity contribution in [3.63, 3.8) is 0 Å². The minimum Gasteiger partial charge on any atom is -0.370 e. The molecule has 1 aliphatic rings. The van der Waals surface area contributed by atoms with Crippen molar-refractivity contribution in [2.24, 2.45) is 0 Å². The van der Waals surface area contributed by atoms with Gasteiger partial charge in [-0.15, -0.1) is 11.3 Å².